The summed E-state index contributed by atoms with van der Waals surface area (Å²) < 4.78 is 1.80. The first kappa shape index (κ1) is 12.6. The Morgan fingerprint density at radius 1 is 1.42 bits per heavy atom. The monoisotopic (exact) mass is 276 g/mol. The predicted molar refractivity (Wildman–Crippen MR) is 75.7 cm³/mol. The maximum absolute atomic E-state index is 6.18. The van der Waals surface area contributed by atoms with E-state index in [1.54, 1.807) is 4.68 Å². The van der Waals surface area contributed by atoms with Crippen molar-refractivity contribution in [3.8, 4) is 5.82 Å². The minimum Gasteiger partial charge on any atom is -0.310 e. The standard InChI is InChI=1S/C14H17ClN4/c1-9-14(15)10(2)19(18-9)13-7-11(5-6-16-13)8-17-12-3-4-12/h5-7,12,17H,3-4,8H2,1-2H3. The Labute approximate surface area is 117 Å². The number of hydrogen-bond donors (Lipinski definition) is 1. The zero-order valence-electron chi connectivity index (χ0n) is 11.2. The van der Waals surface area contributed by atoms with Gasteiger partial charge >= 0.3 is 0 Å². The summed E-state index contributed by atoms with van der Waals surface area (Å²) in [5.41, 5.74) is 2.99. The van der Waals surface area contributed by atoms with Crippen LogP contribution in [0.1, 0.15) is 29.8 Å². The van der Waals surface area contributed by atoms with Crippen LogP contribution in [0.5, 0.6) is 0 Å². The van der Waals surface area contributed by atoms with Crippen LogP contribution in [0.15, 0.2) is 18.3 Å². The van der Waals surface area contributed by atoms with E-state index in [-0.39, 0.29) is 0 Å². The highest BCUT2D eigenvalue weighted by Crippen LogP contribution is 2.22. The largest absolute Gasteiger partial charge is 0.310 e. The highest BCUT2D eigenvalue weighted by molar-refractivity contribution is 6.31. The molecular formula is C14H17ClN4. The van der Waals surface area contributed by atoms with Crippen LogP contribution >= 0.6 is 11.6 Å². The van der Waals surface area contributed by atoms with E-state index >= 15 is 0 Å². The molecule has 1 fully saturated rings. The Balaban J connectivity index is 1.86. The first-order chi connectivity index (χ1) is 9.15. The molecule has 1 saturated carbocycles. The summed E-state index contributed by atoms with van der Waals surface area (Å²) in [4.78, 5) is 4.38. The first-order valence-electron chi connectivity index (χ1n) is 6.55. The van der Waals surface area contributed by atoms with Crippen molar-refractivity contribution in [1.29, 1.82) is 0 Å². The maximum Gasteiger partial charge on any atom is 0.153 e. The molecule has 4 nitrogen and oxygen atoms in total. The van der Waals surface area contributed by atoms with Crippen molar-refractivity contribution in [3.05, 3.63) is 40.3 Å². The molecule has 0 amide bonds. The second-order valence-electron chi connectivity index (χ2n) is 5.07. The van der Waals surface area contributed by atoms with E-state index in [2.05, 4.69) is 21.5 Å². The molecule has 0 radical (unpaired) electrons. The predicted octanol–water partition coefficient (Wildman–Crippen LogP) is 2.79. The fraction of sp³-hybridized carbons (Fsp3) is 0.429. The Morgan fingerprint density at radius 3 is 2.84 bits per heavy atom. The number of nitrogens with one attached hydrogen (secondary N) is 1. The lowest BCUT2D eigenvalue weighted by molar-refractivity contribution is 0.685. The van der Waals surface area contributed by atoms with Crippen molar-refractivity contribution in [1.82, 2.24) is 20.1 Å². The van der Waals surface area contributed by atoms with Crippen LogP contribution in [-0.2, 0) is 6.54 Å². The van der Waals surface area contributed by atoms with E-state index < -0.39 is 0 Å². The molecule has 0 atom stereocenters. The number of rotatable bonds is 4. The smallest absolute Gasteiger partial charge is 0.153 e. The van der Waals surface area contributed by atoms with Gasteiger partial charge in [-0.15, -0.1) is 0 Å². The second-order valence-corrected chi connectivity index (χ2v) is 5.45. The molecule has 0 saturated heterocycles. The van der Waals surface area contributed by atoms with Gasteiger partial charge in [-0.25, -0.2) is 9.67 Å². The van der Waals surface area contributed by atoms with Gasteiger partial charge in [0.1, 0.15) is 0 Å². The number of aromatic nitrogens is 3. The van der Waals surface area contributed by atoms with Gasteiger partial charge in [0, 0.05) is 18.8 Å². The van der Waals surface area contributed by atoms with Crippen molar-refractivity contribution in [2.45, 2.75) is 39.3 Å². The molecule has 100 valence electrons. The van der Waals surface area contributed by atoms with Gasteiger partial charge in [0.2, 0.25) is 0 Å². The van der Waals surface area contributed by atoms with Gasteiger partial charge in [-0.2, -0.15) is 5.10 Å². The average Bonchev–Trinajstić information content (AvgIpc) is 3.21. The molecule has 1 aliphatic carbocycles. The highest BCUT2D eigenvalue weighted by atomic mass is 35.5. The average molecular weight is 277 g/mol. The highest BCUT2D eigenvalue weighted by Gasteiger charge is 2.20. The topological polar surface area (TPSA) is 42.7 Å². The summed E-state index contributed by atoms with van der Waals surface area (Å²) >= 11 is 6.18. The number of nitrogens with zero attached hydrogens (tertiary/aromatic N) is 3. The summed E-state index contributed by atoms with van der Waals surface area (Å²) in [6.07, 6.45) is 4.42. The van der Waals surface area contributed by atoms with Crippen molar-refractivity contribution < 1.29 is 0 Å². The van der Waals surface area contributed by atoms with E-state index in [9.17, 15) is 0 Å². The number of pyridine rings is 1. The number of hydrogen-bond acceptors (Lipinski definition) is 3. The summed E-state index contributed by atoms with van der Waals surface area (Å²) in [6.45, 7) is 4.75. The van der Waals surface area contributed by atoms with Crippen LogP contribution in [0.4, 0.5) is 0 Å². The van der Waals surface area contributed by atoms with Gasteiger partial charge in [0.25, 0.3) is 0 Å². The van der Waals surface area contributed by atoms with Crippen molar-refractivity contribution in [2.24, 2.45) is 0 Å². The summed E-state index contributed by atoms with van der Waals surface area (Å²) in [7, 11) is 0. The fourth-order valence-electron chi connectivity index (χ4n) is 2.08. The molecule has 0 aliphatic heterocycles. The van der Waals surface area contributed by atoms with E-state index in [4.69, 9.17) is 11.6 Å². The fourth-order valence-corrected chi connectivity index (χ4v) is 2.20. The molecule has 0 aromatic carbocycles. The summed E-state index contributed by atoms with van der Waals surface area (Å²) in [5.74, 6) is 0.822. The van der Waals surface area contributed by atoms with Gasteiger partial charge in [0.15, 0.2) is 5.82 Å². The lowest BCUT2D eigenvalue weighted by Gasteiger charge is -2.07. The second kappa shape index (κ2) is 4.94. The summed E-state index contributed by atoms with van der Waals surface area (Å²) in [6, 6.07) is 4.80. The van der Waals surface area contributed by atoms with E-state index in [0.29, 0.717) is 11.1 Å². The molecule has 0 spiro atoms. The number of aryl methyl sites for hydroxylation is 1. The van der Waals surface area contributed by atoms with Crippen LogP contribution < -0.4 is 5.32 Å². The lowest BCUT2D eigenvalue weighted by atomic mass is 10.2. The van der Waals surface area contributed by atoms with Crippen LogP contribution in [0, 0.1) is 13.8 Å². The minimum absolute atomic E-state index is 0.708. The minimum atomic E-state index is 0.708. The Morgan fingerprint density at radius 2 is 2.21 bits per heavy atom. The zero-order valence-corrected chi connectivity index (χ0v) is 11.9. The Bertz CT molecular complexity index is 601. The van der Waals surface area contributed by atoms with Gasteiger partial charge in [-0.3, -0.25) is 0 Å². The van der Waals surface area contributed by atoms with Crippen LogP contribution in [0.2, 0.25) is 5.02 Å². The van der Waals surface area contributed by atoms with Crippen molar-refractivity contribution >= 4 is 11.6 Å². The Kier molecular flexibility index (Phi) is 3.29. The molecular weight excluding hydrogens is 260 g/mol. The van der Waals surface area contributed by atoms with E-state index in [0.717, 1.165) is 23.8 Å². The van der Waals surface area contributed by atoms with Gasteiger partial charge < -0.3 is 5.32 Å². The third-order valence-electron chi connectivity index (χ3n) is 3.40. The van der Waals surface area contributed by atoms with Crippen molar-refractivity contribution in [3.63, 3.8) is 0 Å². The van der Waals surface area contributed by atoms with E-state index in [1.165, 1.54) is 18.4 Å². The molecule has 1 N–H and O–H groups in total. The van der Waals surface area contributed by atoms with Crippen molar-refractivity contribution in [2.75, 3.05) is 0 Å². The normalized spacial score (nSPS) is 14.9. The maximum atomic E-state index is 6.18. The van der Waals surface area contributed by atoms with Gasteiger partial charge in [-0.05, 0) is 44.4 Å². The third-order valence-corrected chi connectivity index (χ3v) is 3.95. The SMILES string of the molecule is Cc1nn(-c2cc(CNC3CC3)ccn2)c(C)c1Cl. The zero-order chi connectivity index (χ0) is 13.4. The molecule has 0 unspecified atom stereocenters. The third kappa shape index (κ3) is 2.65. The van der Waals surface area contributed by atoms with E-state index in [1.807, 2.05) is 26.1 Å². The summed E-state index contributed by atoms with van der Waals surface area (Å²) in [5, 5.41) is 8.64. The van der Waals surface area contributed by atoms with Gasteiger partial charge in [0.05, 0.1) is 16.4 Å². The molecule has 5 heteroatoms. The Hall–Kier alpha value is -1.39. The van der Waals surface area contributed by atoms with Crippen LogP contribution in [0.3, 0.4) is 0 Å². The van der Waals surface area contributed by atoms with Gasteiger partial charge in [-0.1, -0.05) is 11.6 Å². The molecule has 2 heterocycles. The molecule has 2 aromatic heterocycles. The first-order valence-corrected chi connectivity index (χ1v) is 6.93. The molecule has 19 heavy (non-hydrogen) atoms. The van der Waals surface area contributed by atoms with Crippen LogP contribution in [-0.4, -0.2) is 20.8 Å². The van der Waals surface area contributed by atoms with Crippen LogP contribution in [0.25, 0.3) is 5.82 Å². The lowest BCUT2D eigenvalue weighted by Crippen LogP contribution is -2.15. The molecule has 0 bridgehead atoms. The molecule has 2 aromatic rings. The number of halogens is 1. The quantitative estimate of drug-likeness (QED) is 0.934. The molecule has 1 aliphatic rings. The molecule has 3 rings (SSSR count).